The summed E-state index contributed by atoms with van der Waals surface area (Å²) in [5.41, 5.74) is -1.00. The number of hydrogen-bond acceptors (Lipinski definition) is 3. The number of benzene rings is 3. The number of aromatic carboxylic acids is 1. The molecule has 188 valence electrons. The number of amides is 1. The van der Waals surface area contributed by atoms with Gasteiger partial charge in [-0.1, -0.05) is 61.5 Å². The van der Waals surface area contributed by atoms with Crippen molar-refractivity contribution in [2.75, 3.05) is 0 Å². The van der Waals surface area contributed by atoms with Crippen molar-refractivity contribution in [2.24, 2.45) is 5.92 Å². The van der Waals surface area contributed by atoms with Gasteiger partial charge in [0.1, 0.15) is 11.1 Å². The molecule has 0 spiro atoms. The fourth-order valence-electron chi connectivity index (χ4n) is 3.75. The van der Waals surface area contributed by atoms with Crippen molar-refractivity contribution in [3.8, 4) is 11.1 Å². The lowest BCUT2D eigenvalue weighted by Crippen LogP contribution is -2.39. The van der Waals surface area contributed by atoms with Crippen LogP contribution in [0.25, 0.3) is 11.1 Å². The normalized spacial score (nSPS) is 12.6. The predicted octanol–water partition coefficient (Wildman–Crippen LogP) is 5.06. The molecule has 0 heterocycles. The first-order valence-electron chi connectivity index (χ1n) is 10.8. The fraction of sp³-hybridized carbons (Fsp3) is 0.192. The lowest BCUT2D eigenvalue weighted by atomic mass is 9.94. The molecule has 3 N–H and O–H groups in total. The van der Waals surface area contributed by atoms with Crippen molar-refractivity contribution in [3.05, 3.63) is 94.6 Å². The molecule has 0 saturated heterocycles. The zero-order valence-corrected chi connectivity index (χ0v) is 18.9. The summed E-state index contributed by atoms with van der Waals surface area (Å²) in [6.45, 7) is 1.36. The Morgan fingerprint density at radius 2 is 1.28 bits per heavy atom. The van der Waals surface area contributed by atoms with E-state index in [0.717, 1.165) is 11.1 Å². The van der Waals surface area contributed by atoms with Crippen molar-refractivity contribution in [3.63, 3.8) is 0 Å². The number of carboxylic acid groups (broad SMARTS) is 2. The van der Waals surface area contributed by atoms with Crippen LogP contribution in [0, 0.1) is 29.2 Å². The highest BCUT2D eigenvalue weighted by molar-refractivity contribution is 5.97. The summed E-state index contributed by atoms with van der Waals surface area (Å²) in [5, 5.41) is 20.3. The molecule has 3 aromatic rings. The van der Waals surface area contributed by atoms with Gasteiger partial charge in [-0.25, -0.2) is 22.4 Å². The van der Waals surface area contributed by atoms with E-state index in [4.69, 9.17) is 5.11 Å². The summed E-state index contributed by atoms with van der Waals surface area (Å²) in [6, 6.07) is 15.5. The molecule has 3 aromatic carbocycles. The number of carbonyl (C=O) groups is 3. The van der Waals surface area contributed by atoms with Crippen LogP contribution in [0.4, 0.5) is 17.6 Å². The van der Waals surface area contributed by atoms with Crippen LogP contribution < -0.4 is 5.32 Å². The fourth-order valence-corrected chi connectivity index (χ4v) is 3.75. The molecule has 0 aliphatic heterocycles. The van der Waals surface area contributed by atoms with E-state index in [1.165, 1.54) is 6.92 Å². The van der Waals surface area contributed by atoms with E-state index in [-0.39, 0.29) is 12.8 Å². The van der Waals surface area contributed by atoms with E-state index in [9.17, 15) is 37.1 Å². The van der Waals surface area contributed by atoms with Crippen molar-refractivity contribution in [1.82, 2.24) is 5.32 Å². The first kappa shape index (κ1) is 26.4. The van der Waals surface area contributed by atoms with E-state index in [1.807, 2.05) is 30.3 Å². The molecule has 2 atom stereocenters. The highest BCUT2D eigenvalue weighted by Gasteiger charge is 2.33. The molecule has 0 radical (unpaired) electrons. The number of rotatable bonds is 9. The molecule has 0 aromatic heterocycles. The molecule has 1 amide bonds. The molecule has 0 fully saturated rings. The average Bonchev–Trinajstić information content (AvgIpc) is 2.83. The van der Waals surface area contributed by atoms with Gasteiger partial charge in [0.15, 0.2) is 23.3 Å². The van der Waals surface area contributed by atoms with Crippen molar-refractivity contribution >= 4 is 17.8 Å². The van der Waals surface area contributed by atoms with Crippen molar-refractivity contribution in [1.29, 1.82) is 0 Å². The van der Waals surface area contributed by atoms with Gasteiger partial charge in [-0.15, -0.1) is 0 Å². The van der Waals surface area contributed by atoms with Crippen LogP contribution in [0.3, 0.4) is 0 Å². The smallest absolute Gasteiger partial charge is 0.341 e. The largest absolute Gasteiger partial charge is 0.481 e. The molecule has 6 nitrogen and oxygen atoms in total. The van der Waals surface area contributed by atoms with Crippen LogP contribution in [0.2, 0.25) is 0 Å². The first-order chi connectivity index (χ1) is 17.0. The van der Waals surface area contributed by atoms with Gasteiger partial charge in [-0.05, 0) is 29.5 Å². The Balaban J connectivity index is 1.89. The maximum Gasteiger partial charge on any atom is 0.341 e. The van der Waals surface area contributed by atoms with Crippen LogP contribution in [0.1, 0.15) is 39.6 Å². The van der Waals surface area contributed by atoms with Crippen molar-refractivity contribution in [2.45, 2.75) is 25.8 Å². The Kier molecular flexibility index (Phi) is 8.08. The van der Waals surface area contributed by atoms with Crippen LogP contribution in [0.5, 0.6) is 0 Å². The maximum atomic E-state index is 14.4. The second kappa shape index (κ2) is 11.0. The standard InChI is InChI=1S/C26H21F4NO5/c1-13(25(33)34)11-17(12-14-7-9-16(10-8-14)15-5-3-2-4-6-15)31-24(32)18-20(27)22(29)19(26(35)36)23(30)21(18)28/h2-10,13,17H,11-12H2,1H3,(H,31,32)(H,33,34)(H,35,36)/t13-,17?/m1/s1. The molecule has 0 aliphatic rings. The average molecular weight is 503 g/mol. The van der Waals surface area contributed by atoms with Gasteiger partial charge in [0.2, 0.25) is 0 Å². The Hall–Kier alpha value is -4.21. The molecular formula is C26H21F4NO5. The minimum absolute atomic E-state index is 0.0415. The maximum absolute atomic E-state index is 14.4. The van der Waals surface area contributed by atoms with Gasteiger partial charge in [-0.3, -0.25) is 9.59 Å². The zero-order chi connectivity index (χ0) is 26.6. The highest BCUT2D eigenvalue weighted by Crippen LogP contribution is 2.25. The molecule has 3 rings (SSSR count). The van der Waals surface area contributed by atoms with Gasteiger partial charge < -0.3 is 15.5 Å². The number of nitrogens with one attached hydrogen (secondary N) is 1. The lowest BCUT2D eigenvalue weighted by molar-refractivity contribution is -0.141. The lowest BCUT2D eigenvalue weighted by Gasteiger charge is -2.22. The highest BCUT2D eigenvalue weighted by atomic mass is 19.2. The summed E-state index contributed by atoms with van der Waals surface area (Å²) in [4.78, 5) is 34.9. The van der Waals surface area contributed by atoms with E-state index in [1.54, 1.807) is 24.3 Å². The topological polar surface area (TPSA) is 104 Å². The van der Waals surface area contributed by atoms with E-state index in [2.05, 4.69) is 5.32 Å². The van der Waals surface area contributed by atoms with Crippen LogP contribution >= 0.6 is 0 Å². The summed E-state index contributed by atoms with van der Waals surface area (Å²) < 4.78 is 56.9. The minimum atomic E-state index is -2.25. The molecular weight excluding hydrogens is 482 g/mol. The summed E-state index contributed by atoms with van der Waals surface area (Å²) >= 11 is 0. The third-order valence-corrected chi connectivity index (χ3v) is 5.64. The number of aliphatic carboxylic acids is 1. The second-order valence-electron chi connectivity index (χ2n) is 8.22. The van der Waals surface area contributed by atoms with Gasteiger partial charge in [0.05, 0.1) is 5.92 Å². The Labute approximate surface area is 203 Å². The van der Waals surface area contributed by atoms with E-state index >= 15 is 0 Å². The molecule has 36 heavy (non-hydrogen) atoms. The minimum Gasteiger partial charge on any atom is -0.481 e. The van der Waals surface area contributed by atoms with Crippen LogP contribution in [-0.4, -0.2) is 34.1 Å². The predicted molar refractivity (Wildman–Crippen MR) is 121 cm³/mol. The summed E-state index contributed by atoms with van der Waals surface area (Å²) in [6.07, 6.45) is -0.122. The second-order valence-corrected chi connectivity index (χ2v) is 8.22. The Morgan fingerprint density at radius 1 is 0.778 bits per heavy atom. The first-order valence-corrected chi connectivity index (χ1v) is 10.8. The van der Waals surface area contributed by atoms with E-state index < -0.39 is 64.2 Å². The number of carboxylic acids is 2. The monoisotopic (exact) mass is 503 g/mol. The number of hydrogen-bond donors (Lipinski definition) is 3. The number of carbonyl (C=O) groups excluding carboxylic acids is 1. The molecule has 1 unspecified atom stereocenters. The summed E-state index contributed by atoms with van der Waals surface area (Å²) in [7, 11) is 0. The quantitative estimate of drug-likeness (QED) is 0.280. The van der Waals surface area contributed by atoms with Gasteiger partial charge in [-0.2, -0.15) is 0 Å². The molecule has 0 saturated carbocycles. The van der Waals surface area contributed by atoms with Crippen molar-refractivity contribution < 1.29 is 42.2 Å². The molecule has 10 heteroatoms. The van der Waals surface area contributed by atoms with Crippen LogP contribution in [0.15, 0.2) is 54.6 Å². The summed E-state index contributed by atoms with van der Waals surface area (Å²) in [5.74, 6) is -14.7. The third kappa shape index (κ3) is 5.70. The van der Waals surface area contributed by atoms with Gasteiger partial charge >= 0.3 is 11.9 Å². The molecule has 0 aliphatic carbocycles. The zero-order valence-electron chi connectivity index (χ0n) is 18.9. The van der Waals surface area contributed by atoms with Crippen LogP contribution in [-0.2, 0) is 11.2 Å². The SMILES string of the molecule is C[C@H](CC(Cc1ccc(-c2ccccc2)cc1)NC(=O)c1c(F)c(F)c(C(=O)O)c(F)c1F)C(=O)O. The van der Waals surface area contributed by atoms with E-state index in [0.29, 0.717) is 5.56 Å². The van der Waals surface area contributed by atoms with Gasteiger partial charge in [0, 0.05) is 6.04 Å². The third-order valence-electron chi connectivity index (χ3n) is 5.64. The Bertz CT molecular complexity index is 1270. The molecule has 0 bridgehead atoms. The van der Waals surface area contributed by atoms with Gasteiger partial charge in [0.25, 0.3) is 5.91 Å². The Morgan fingerprint density at radius 3 is 1.78 bits per heavy atom. The number of halogens is 4.